The van der Waals surface area contributed by atoms with E-state index in [2.05, 4.69) is 52.8 Å². The second-order valence-corrected chi connectivity index (χ2v) is 11.9. The van der Waals surface area contributed by atoms with Crippen molar-refractivity contribution in [3.05, 3.63) is 36.0 Å². The second-order valence-electron chi connectivity index (χ2n) is 11.9. The maximum absolute atomic E-state index is 12.0. The van der Waals surface area contributed by atoms with E-state index in [1.807, 2.05) is 6.08 Å². The van der Waals surface area contributed by atoms with Gasteiger partial charge in [-0.3, -0.25) is 9.59 Å². The summed E-state index contributed by atoms with van der Waals surface area (Å²) in [5.74, 6) is 3.64. The molecule has 0 aromatic heterocycles. The van der Waals surface area contributed by atoms with Crippen molar-refractivity contribution >= 4 is 11.8 Å². The summed E-state index contributed by atoms with van der Waals surface area (Å²) in [4.78, 5) is 23.5. The molecule has 2 fully saturated rings. The van der Waals surface area contributed by atoms with Crippen LogP contribution in [-0.2, 0) is 14.3 Å². The number of allylic oxidation sites excluding steroid dienone is 6. The monoisotopic (exact) mass is 438 g/mol. The van der Waals surface area contributed by atoms with Crippen LogP contribution in [0, 0.1) is 46.3 Å². The molecule has 4 rings (SSSR count). The van der Waals surface area contributed by atoms with Crippen molar-refractivity contribution < 1.29 is 14.3 Å². The Kier molecular flexibility index (Phi) is 6.33. The van der Waals surface area contributed by atoms with E-state index >= 15 is 0 Å². The predicted octanol–water partition coefficient (Wildman–Crippen LogP) is 6.69. The van der Waals surface area contributed by atoms with Gasteiger partial charge in [0.1, 0.15) is 6.10 Å². The zero-order valence-corrected chi connectivity index (χ0v) is 20.9. The number of hydrogen-bond donors (Lipinski definition) is 0. The minimum atomic E-state index is -0.160. The van der Waals surface area contributed by atoms with Gasteiger partial charge in [-0.1, -0.05) is 52.8 Å². The largest absolute Gasteiger partial charge is 0.462 e. The van der Waals surface area contributed by atoms with Gasteiger partial charge in [-0.15, -0.1) is 0 Å². The standard InChI is InChI=1S/C29H42O3/c1-18(2)27(32-20(4)30)12-7-19(3)24-10-11-25-23-9-8-21-17-22(31)13-15-28(21,5)26(23)14-16-29(24,25)6/h8-9,13,15,17-19,23-27H,7,10-12,14,16H2,1-6H3/t19-,23+,24-,25+,26+,27-,28+,29-/m1/s1. The van der Waals surface area contributed by atoms with Gasteiger partial charge in [0, 0.05) is 12.3 Å². The van der Waals surface area contributed by atoms with Gasteiger partial charge in [0.05, 0.1) is 0 Å². The van der Waals surface area contributed by atoms with Crippen LogP contribution in [-0.4, -0.2) is 17.9 Å². The van der Waals surface area contributed by atoms with Crippen LogP contribution in [0.4, 0.5) is 0 Å². The fourth-order valence-electron chi connectivity index (χ4n) is 8.00. The minimum absolute atomic E-state index is 0.00682. The number of carbonyl (C=O) groups excluding carboxylic acids is 2. The Hall–Kier alpha value is -1.64. The average molecular weight is 439 g/mol. The normalized spacial score (nSPS) is 39.7. The molecule has 0 radical (unpaired) electrons. The highest BCUT2D eigenvalue weighted by atomic mass is 16.5. The number of fused-ring (bicyclic) bond motifs is 5. The lowest BCUT2D eigenvalue weighted by atomic mass is 9.49. The lowest BCUT2D eigenvalue weighted by molar-refractivity contribution is -0.149. The molecule has 0 spiro atoms. The van der Waals surface area contributed by atoms with Gasteiger partial charge in [-0.05, 0) is 97.2 Å². The van der Waals surface area contributed by atoms with Crippen molar-refractivity contribution in [2.24, 2.45) is 46.3 Å². The Balaban J connectivity index is 1.49. The van der Waals surface area contributed by atoms with Gasteiger partial charge in [-0.25, -0.2) is 0 Å². The van der Waals surface area contributed by atoms with Gasteiger partial charge in [-0.2, -0.15) is 0 Å². The topological polar surface area (TPSA) is 43.4 Å². The molecule has 0 bridgehead atoms. The van der Waals surface area contributed by atoms with E-state index in [0.717, 1.165) is 24.7 Å². The quantitative estimate of drug-likeness (QED) is 0.434. The molecule has 0 heterocycles. The van der Waals surface area contributed by atoms with Crippen LogP contribution in [0.5, 0.6) is 0 Å². The van der Waals surface area contributed by atoms with Crippen molar-refractivity contribution in [1.29, 1.82) is 0 Å². The Labute approximate surface area is 194 Å². The van der Waals surface area contributed by atoms with Gasteiger partial charge in [0.2, 0.25) is 0 Å². The number of esters is 1. The molecule has 2 saturated carbocycles. The molecule has 32 heavy (non-hydrogen) atoms. The van der Waals surface area contributed by atoms with Gasteiger partial charge < -0.3 is 4.74 Å². The molecule has 0 saturated heterocycles. The molecule has 3 nitrogen and oxygen atoms in total. The molecule has 3 heteroatoms. The fraction of sp³-hybridized carbons (Fsp3) is 0.724. The molecule has 176 valence electrons. The Morgan fingerprint density at radius 3 is 2.53 bits per heavy atom. The van der Waals surface area contributed by atoms with Crippen LogP contribution < -0.4 is 0 Å². The van der Waals surface area contributed by atoms with E-state index in [1.165, 1.54) is 38.2 Å². The van der Waals surface area contributed by atoms with Crippen LogP contribution in [0.15, 0.2) is 36.0 Å². The smallest absolute Gasteiger partial charge is 0.302 e. The highest BCUT2D eigenvalue weighted by Gasteiger charge is 2.58. The summed E-state index contributed by atoms with van der Waals surface area (Å²) in [7, 11) is 0. The average Bonchev–Trinajstić information content (AvgIpc) is 3.08. The third-order valence-electron chi connectivity index (χ3n) is 9.84. The SMILES string of the molecule is CC(=O)O[C@H](CC[C@@H](C)[C@H]1CC[C@H]2[C@@H]3C=CC4=CC(=O)C=C[C@]4(C)[C@H]3CC[C@]12C)C(C)C. The first kappa shape index (κ1) is 23.5. The van der Waals surface area contributed by atoms with Crippen molar-refractivity contribution in [3.8, 4) is 0 Å². The maximum Gasteiger partial charge on any atom is 0.302 e. The highest BCUT2D eigenvalue weighted by molar-refractivity contribution is 6.01. The predicted molar refractivity (Wildman–Crippen MR) is 129 cm³/mol. The highest BCUT2D eigenvalue weighted by Crippen LogP contribution is 2.65. The van der Waals surface area contributed by atoms with Gasteiger partial charge in [0.25, 0.3) is 0 Å². The number of carbonyl (C=O) groups is 2. The van der Waals surface area contributed by atoms with Crippen molar-refractivity contribution in [1.82, 2.24) is 0 Å². The first-order valence-corrected chi connectivity index (χ1v) is 12.9. The molecule has 0 aromatic rings. The number of rotatable bonds is 6. The van der Waals surface area contributed by atoms with Crippen LogP contribution >= 0.6 is 0 Å². The van der Waals surface area contributed by atoms with Crippen LogP contribution in [0.3, 0.4) is 0 Å². The van der Waals surface area contributed by atoms with E-state index in [9.17, 15) is 9.59 Å². The fourth-order valence-corrected chi connectivity index (χ4v) is 8.00. The maximum atomic E-state index is 12.0. The van der Waals surface area contributed by atoms with Crippen LogP contribution in [0.1, 0.15) is 80.1 Å². The Bertz CT molecular complexity index is 848. The number of ketones is 1. The summed E-state index contributed by atoms with van der Waals surface area (Å²) < 4.78 is 5.61. The number of ether oxygens (including phenoxy) is 1. The molecule has 8 atom stereocenters. The molecule has 0 aliphatic heterocycles. The van der Waals surface area contributed by atoms with Crippen molar-refractivity contribution in [2.45, 2.75) is 86.2 Å². The molecule has 4 aliphatic carbocycles. The molecule has 0 unspecified atom stereocenters. The van der Waals surface area contributed by atoms with E-state index in [4.69, 9.17) is 4.74 Å². The Morgan fingerprint density at radius 1 is 1.09 bits per heavy atom. The molecule has 4 aliphatic rings. The third-order valence-corrected chi connectivity index (χ3v) is 9.84. The number of hydrogen-bond acceptors (Lipinski definition) is 3. The summed E-state index contributed by atoms with van der Waals surface area (Å²) in [6.07, 6.45) is 17.8. The van der Waals surface area contributed by atoms with Gasteiger partial charge in [0.15, 0.2) is 5.78 Å². The van der Waals surface area contributed by atoms with E-state index in [0.29, 0.717) is 29.1 Å². The lowest BCUT2D eigenvalue weighted by Crippen LogP contribution is -2.48. The lowest BCUT2D eigenvalue weighted by Gasteiger charge is -2.55. The molecular weight excluding hydrogens is 396 g/mol. The van der Waals surface area contributed by atoms with E-state index in [-0.39, 0.29) is 23.3 Å². The summed E-state index contributed by atoms with van der Waals surface area (Å²) in [6, 6.07) is 0. The zero-order valence-electron chi connectivity index (χ0n) is 20.9. The second kappa shape index (κ2) is 8.61. The van der Waals surface area contributed by atoms with Crippen molar-refractivity contribution in [3.63, 3.8) is 0 Å². The zero-order chi connectivity index (χ0) is 23.3. The van der Waals surface area contributed by atoms with Crippen LogP contribution in [0.25, 0.3) is 0 Å². The summed E-state index contributed by atoms with van der Waals surface area (Å²) in [5, 5.41) is 0. The van der Waals surface area contributed by atoms with E-state index < -0.39 is 0 Å². The molecule has 0 N–H and O–H groups in total. The van der Waals surface area contributed by atoms with Crippen molar-refractivity contribution in [2.75, 3.05) is 0 Å². The molecule has 0 aromatic carbocycles. The minimum Gasteiger partial charge on any atom is -0.462 e. The Morgan fingerprint density at radius 2 is 1.84 bits per heavy atom. The molecule has 0 amide bonds. The summed E-state index contributed by atoms with van der Waals surface area (Å²) in [6.45, 7) is 13.2. The van der Waals surface area contributed by atoms with Crippen LogP contribution in [0.2, 0.25) is 0 Å². The third kappa shape index (κ3) is 3.94. The van der Waals surface area contributed by atoms with E-state index in [1.54, 1.807) is 6.08 Å². The summed E-state index contributed by atoms with van der Waals surface area (Å²) in [5.41, 5.74) is 1.60. The first-order valence-electron chi connectivity index (χ1n) is 12.9. The first-order chi connectivity index (χ1) is 15.1. The van der Waals surface area contributed by atoms with Gasteiger partial charge >= 0.3 is 5.97 Å². The molecular formula is C29H42O3. The summed E-state index contributed by atoms with van der Waals surface area (Å²) >= 11 is 0.